The largest absolute Gasteiger partial charge is 0.509 e. The molecule has 0 saturated carbocycles. The third-order valence-corrected chi connectivity index (χ3v) is 12.1. The Labute approximate surface area is 390 Å². The summed E-state index contributed by atoms with van der Waals surface area (Å²) in [6.07, 6.45) is 1.81. The van der Waals surface area contributed by atoms with Crippen molar-refractivity contribution in [2.24, 2.45) is 0 Å². The second-order valence-electron chi connectivity index (χ2n) is 17.3. The molecule has 10 rings (SSSR count). The summed E-state index contributed by atoms with van der Waals surface area (Å²) in [6, 6.07) is 58.6. The quantitative estimate of drug-likeness (QED) is 0.128. The summed E-state index contributed by atoms with van der Waals surface area (Å²) < 4.78 is 24.3. The number of benzene rings is 7. The van der Waals surface area contributed by atoms with Gasteiger partial charge in [0.2, 0.25) is 0 Å². The molecule has 3 heterocycles. The molecule has 2 aromatic heterocycles. The van der Waals surface area contributed by atoms with Crippen molar-refractivity contribution in [1.29, 1.82) is 0 Å². The van der Waals surface area contributed by atoms with Crippen LogP contribution in [0.25, 0.3) is 49.9 Å². The summed E-state index contributed by atoms with van der Waals surface area (Å²) in [6.45, 7) is 15.5. The van der Waals surface area contributed by atoms with Crippen LogP contribution in [0.2, 0.25) is 0 Å². The summed E-state index contributed by atoms with van der Waals surface area (Å²) in [5.74, 6) is 2.42. The first-order chi connectivity index (χ1) is 30.6. The predicted octanol–water partition coefficient (Wildman–Crippen LogP) is 15.8. The summed E-state index contributed by atoms with van der Waals surface area (Å²) in [4.78, 5) is 9.24. The van der Waals surface area contributed by atoms with Crippen LogP contribution in [0, 0.1) is 24.6 Å². The Morgan fingerprint density at radius 2 is 1.28 bits per heavy atom. The Balaban J connectivity index is 0.00000518. The molecule has 0 aliphatic carbocycles. The van der Waals surface area contributed by atoms with Gasteiger partial charge in [0, 0.05) is 66.9 Å². The van der Waals surface area contributed by atoms with E-state index in [9.17, 15) is 0 Å². The predicted molar refractivity (Wildman–Crippen MR) is 257 cm³/mol. The second kappa shape index (κ2) is 17.6. The average molecular weight is 1020 g/mol. The van der Waals surface area contributed by atoms with E-state index in [1.165, 1.54) is 11.6 Å². The van der Waals surface area contributed by atoms with Crippen LogP contribution in [0.15, 0.2) is 158 Å². The van der Waals surface area contributed by atoms with E-state index in [4.69, 9.17) is 9.72 Å². The topological polar surface area (TPSA) is 33.5 Å². The van der Waals surface area contributed by atoms with E-state index in [0.29, 0.717) is 23.0 Å². The zero-order valence-corrected chi connectivity index (χ0v) is 39.0. The van der Waals surface area contributed by atoms with Gasteiger partial charge in [-0.15, -0.1) is 53.6 Å². The first-order valence-electron chi connectivity index (χ1n) is 21.8. The molecule has 5 nitrogen and oxygen atoms in total. The molecule has 322 valence electrons. The molecule has 0 unspecified atom stereocenters. The monoisotopic (exact) mass is 1020 g/mol. The minimum Gasteiger partial charge on any atom is -0.509 e. The first kappa shape index (κ1) is 42.8. The van der Waals surface area contributed by atoms with Gasteiger partial charge in [0.1, 0.15) is 11.6 Å². The molecular formula is C57H48FN4OPt-3. The van der Waals surface area contributed by atoms with E-state index in [1.54, 1.807) is 6.07 Å². The number of fused-ring (bicyclic) bond motifs is 4. The number of rotatable bonds is 10. The molecule has 1 aliphatic heterocycles. The maximum atomic E-state index is 15.3. The number of hydrogen-bond acceptors (Lipinski definition) is 4. The van der Waals surface area contributed by atoms with Crippen molar-refractivity contribution >= 4 is 44.6 Å². The minimum atomic E-state index is -0.223. The van der Waals surface area contributed by atoms with Gasteiger partial charge in [0.05, 0.1) is 0 Å². The fraction of sp³-hybridized carbons (Fsp3) is 0.158. The van der Waals surface area contributed by atoms with Crippen molar-refractivity contribution in [1.82, 2.24) is 9.55 Å². The molecule has 0 fully saturated rings. The molecule has 7 heteroatoms. The molecule has 0 atom stereocenters. The number of anilines is 4. The Bertz CT molecular complexity index is 3130. The Hall–Kier alpha value is -6.49. The second-order valence-corrected chi connectivity index (χ2v) is 17.3. The van der Waals surface area contributed by atoms with E-state index in [2.05, 4.69) is 178 Å². The molecule has 9 aromatic rings. The van der Waals surface area contributed by atoms with Crippen molar-refractivity contribution in [2.75, 3.05) is 9.80 Å². The van der Waals surface area contributed by atoms with Gasteiger partial charge < -0.3 is 19.1 Å². The van der Waals surface area contributed by atoms with Crippen LogP contribution >= 0.6 is 0 Å². The van der Waals surface area contributed by atoms with Gasteiger partial charge >= 0.3 is 0 Å². The molecule has 7 aromatic carbocycles. The van der Waals surface area contributed by atoms with Gasteiger partial charge in [-0.25, -0.2) is 9.37 Å². The molecule has 64 heavy (non-hydrogen) atoms. The van der Waals surface area contributed by atoms with E-state index >= 15 is 4.39 Å². The zero-order chi connectivity index (χ0) is 43.4. The maximum Gasteiger partial charge on any atom is 0.135 e. The van der Waals surface area contributed by atoms with Gasteiger partial charge in [-0.1, -0.05) is 126 Å². The fourth-order valence-electron chi connectivity index (χ4n) is 8.90. The van der Waals surface area contributed by atoms with Crippen LogP contribution < -0.4 is 14.5 Å². The number of aromatic nitrogens is 2. The van der Waals surface area contributed by atoms with Gasteiger partial charge in [-0.3, -0.25) is 0 Å². The van der Waals surface area contributed by atoms with E-state index in [1.807, 2.05) is 42.6 Å². The molecule has 0 bridgehead atoms. The van der Waals surface area contributed by atoms with Crippen LogP contribution in [0.5, 0.6) is 11.5 Å². The molecule has 0 spiro atoms. The average Bonchev–Trinajstić information content (AvgIpc) is 3.85. The standard InChI is InChI=1S/C57H48FN4O.Pt/c1-36(2)39-16-15-17-40(28-39)41-29-43(33-45(30-41)63-44-25-26-48-47-19-8-10-21-52(47)62(55(48)34-44)56-24-13-14-27-59-56)60-35-61(54-23-12-11-22-53(54)60)57-49(37(3)4)31-42(32-50(57)38(5)6)46-18-7-9-20-51(46)58;/h7-32,35-38H,1-6H3;/q-3;. The Morgan fingerprint density at radius 3 is 2.00 bits per heavy atom. The summed E-state index contributed by atoms with van der Waals surface area (Å²) in [5, 5.41) is 2.19. The maximum absolute atomic E-state index is 15.3. The number of halogens is 1. The number of nitrogens with zero attached hydrogens (tertiary/aromatic N) is 4. The van der Waals surface area contributed by atoms with Gasteiger partial charge in [-0.2, -0.15) is 6.07 Å². The van der Waals surface area contributed by atoms with E-state index in [0.717, 1.165) is 78.2 Å². The smallest absolute Gasteiger partial charge is 0.135 e. The Kier molecular flexibility index (Phi) is 11.8. The third kappa shape index (κ3) is 7.79. The number of pyridine rings is 1. The van der Waals surface area contributed by atoms with Crippen molar-refractivity contribution in [2.45, 2.75) is 59.3 Å². The van der Waals surface area contributed by atoms with E-state index < -0.39 is 0 Å². The summed E-state index contributed by atoms with van der Waals surface area (Å²) in [7, 11) is 0. The number of hydrogen-bond donors (Lipinski definition) is 0. The van der Waals surface area contributed by atoms with Crippen molar-refractivity contribution < 1.29 is 30.2 Å². The van der Waals surface area contributed by atoms with Gasteiger partial charge in [-0.05, 0) is 99.5 Å². The minimum absolute atomic E-state index is 0. The molecule has 0 N–H and O–H groups in total. The Morgan fingerprint density at radius 1 is 0.578 bits per heavy atom. The normalized spacial score (nSPS) is 12.5. The van der Waals surface area contributed by atoms with Crippen LogP contribution in [-0.2, 0) is 21.1 Å². The molecule has 0 radical (unpaired) electrons. The van der Waals surface area contributed by atoms with Crippen molar-refractivity contribution in [3.05, 3.63) is 199 Å². The number of para-hydroxylation sites is 3. The van der Waals surface area contributed by atoms with Gasteiger partial charge in [0.25, 0.3) is 0 Å². The molecule has 1 aliphatic rings. The summed E-state index contributed by atoms with van der Waals surface area (Å²) in [5.41, 5.74) is 13.1. The van der Waals surface area contributed by atoms with Crippen LogP contribution in [-0.4, -0.2) is 9.55 Å². The van der Waals surface area contributed by atoms with E-state index in [-0.39, 0.29) is 38.7 Å². The molecule has 0 saturated heterocycles. The molecule has 0 amide bonds. The first-order valence-corrected chi connectivity index (χ1v) is 21.8. The van der Waals surface area contributed by atoms with Crippen LogP contribution in [0.1, 0.15) is 76.0 Å². The number of ether oxygens (including phenoxy) is 1. The van der Waals surface area contributed by atoms with Crippen LogP contribution in [0.3, 0.4) is 0 Å². The molecular weight excluding hydrogens is 971 g/mol. The van der Waals surface area contributed by atoms with Crippen molar-refractivity contribution in [3.63, 3.8) is 0 Å². The van der Waals surface area contributed by atoms with Gasteiger partial charge in [0.15, 0.2) is 0 Å². The fourth-order valence-corrected chi connectivity index (χ4v) is 8.90. The SMILES string of the molecule is CC(C)c1cccc(-c2cc(Oc3[c-]c4c(cc3)c3ccccc3n4-c3ccccn3)[c-]c(N3[CH-]N(c4c(C(C)C)cc(-c5ccccc5F)cc4C(C)C)c4ccccc43)c2)c1.[Pt]. The van der Waals surface area contributed by atoms with Crippen LogP contribution in [0.4, 0.5) is 27.1 Å². The summed E-state index contributed by atoms with van der Waals surface area (Å²) >= 11 is 0. The third-order valence-electron chi connectivity index (χ3n) is 12.1. The zero-order valence-electron chi connectivity index (χ0n) is 36.7. The van der Waals surface area contributed by atoms with Crippen molar-refractivity contribution in [3.8, 4) is 39.6 Å².